The number of furan rings is 1. The van der Waals surface area contributed by atoms with Crippen LogP contribution in [0, 0.1) is 0 Å². The zero-order valence-electron chi connectivity index (χ0n) is 10.9. The minimum absolute atomic E-state index is 0.252. The summed E-state index contributed by atoms with van der Waals surface area (Å²) >= 11 is 3.35. The Morgan fingerprint density at radius 2 is 2.39 bits per heavy atom. The lowest BCUT2D eigenvalue weighted by molar-refractivity contribution is -0.00518. The number of nitrogens with zero attached hydrogens (tertiary/aromatic N) is 1. The zero-order chi connectivity index (χ0) is 13.1. The van der Waals surface area contributed by atoms with Crippen LogP contribution >= 0.6 is 15.9 Å². The molecule has 0 aliphatic carbocycles. The molecule has 0 bridgehead atoms. The molecule has 1 aromatic rings. The van der Waals surface area contributed by atoms with Crippen LogP contribution in [-0.2, 0) is 4.74 Å². The highest BCUT2D eigenvalue weighted by atomic mass is 79.9. The first-order valence-electron chi connectivity index (χ1n) is 6.39. The van der Waals surface area contributed by atoms with Crippen molar-refractivity contribution in [3.63, 3.8) is 0 Å². The lowest BCUT2D eigenvalue weighted by Crippen LogP contribution is -2.49. The van der Waals surface area contributed by atoms with Crippen LogP contribution in [0.2, 0.25) is 0 Å². The van der Waals surface area contributed by atoms with E-state index in [1.807, 2.05) is 12.1 Å². The molecule has 4 nitrogen and oxygen atoms in total. The van der Waals surface area contributed by atoms with E-state index in [1.54, 1.807) is 7.11 Å². The Balaban J connectivity index is 2.07. The van der Waals surface area contributed by atoms with Crippen molar-refractivity contribution in [2.75, 3.05) is 20.2 Å². The van der Waals surface area contributed by atoms with Crippen molar-refractivity contribution in [3.8, 4) is 0 Å². The monoisotopic (exact) mass is 316 g/mol. The largest absolute Gasteiger partial charge is 0.453 e. The number of nitrogens with two attached hydrogens (primary N) is 1. The van der Waals surface area contributed by atoms with Gasteiger partial charge in [-0.15, -0.1) is 0 Å². The number of ether oxygens (including phenoxy) is 1. The van der Waals surface area contributed by atoms with Crippen LogP contribution in [0.4, 0.5) is 0 Å². The van der Waals surface area contributed by atoms with Crippen molar-refractivity contribution in [3.05, 3.63) is 22.6 Å². The van der Waals surface area contributed by atoms with Crippen molar-refractivity contribution in [1.29, 1.82) is 0 Å². The van der Waals surface area contributed by atoms with Crippen LogP contribution in [-0.4, -0.2) is 37.2 Å². The number of hydrogen-bond acceptors (Lipinski definition) is 4. The standard InChI is InChI=1S/C13H21BrN2O2/c1-9(12-3-4-13(14)18-12)16-6-5-11(17-2)7-10(16)8-15/h3-4,9-11H,5-8,15H2,1-2H3. The number of rotatable bonds is 4. The summed E-state index contributed by atoms with van der Waals surface area (Å²) in [5, 5.41) is 0. The van der Waals surface area contributed by atoms with Gasteiger partial charge in [-0.1, -0.05) is 0 Å². The summed E-state index contributed by atoms with van der Waals surface area (Å²) in [4.78, 5) is 2.42. The first-order chi connectivity index (χ1) is 8.65. The van der Waals surface area contributed by atoms with E-state index in [1.165, 1.54) is 0 Å². The van der Waals surface area contributed by atoms with Gasteiger partial charge in [0.25, 0.3) is 0 Å². The molecule has 1 saturated heterocycles. The predicted octanol–water partition coefficient (Wildman–Crippen LogP) is 2.54. The number of hydrogen-bond donors (Lipinski definition) is 1. The molecule has 0 spiro atoms. The van der Waals surface area contributed by atoms with Crippen molar-refractivity contribution in [2.45, 2.75) is 38.0 Å². The van der Waals surface area contributed by atoms with E-state index >= 15 is 0 Å². The zero-order valence-corrected chi connectivity index (χ0v) is 12.5. The van der Waals surface area contributed by atoms with Gasteiger partial charge in [0.05, 0.1) is 12.1 Å². The minimum Gasteiger partial charge on any atom is -0.453 e. The second kappa shape index (κ2) is 6.19. The van der Waals surface area contributed by atoms with E-state index in [2.05, 4.69) is 27.8 Å². The molecule has 3 unspecified atom stereocenters. The highest BCUT2D eigenvalue weighted by Gasteiger charge is 2.32. The molecular weight excluding hydrogens is 296 g/mol. The Kier molecular flexibility index (Phi) is 4.84. The van der Waals surface area contributed by atoms with Gasteiger partial charge in [-0.05, 0) is 47.8 Å². The van der Waals surface area contributed by atoms with E-state index in [0.29, 0.717) is 18.7 Å². The molecule has 18 heavy (non-hydrogen) atoms. The molecule has 0 saturated carbocycles. The van der Waals surface area contributed by atoms with Gasteiger partial charge in [-0.3, -0.25) is 4.90 Å². The molecular formula is C13H21BrN2O2. The van der Waals surface area contributed by atoms with Crippen LogP contribution in [0.5, 0.6) is 0 Å². The average Bonchev–Trinajstić information content (AvgIpc) is 2.83. The van der Waals surface area contributed by atoms with Crippen molar-refractivity contribution in [2.24, 2.45) is 5.73 Å². The normalized spacial score (nSPS) is 27.3. The van der Waals surface area contributed by atoms with Gasteiger partial charge >= 0.3 is 0 Å². The maximum Gasteiger partial charge on any atom is 0.169 e. The van der Waals surface area contributed by atoms with Crippen molar-refractivity contribution in [1.82, 2.24) is 4.90 Å². The van der Waals surface area contributed by atoms with Crippen LogP contribution in [0.3, 0.4) is 0 Å². The third-order valence-corrected chi connectivity index (χ3v) is 4.25. The Hall–Kier alpha value is -0.360. The van der Waals surface area contributed by atoms with Crippen LogP contribution < -0.4 is 5.73 Å². The molecule has 102 valence electrons. The quantitative estimate of drug-likeness (QED) is 0.927. The van der Waals surface area contributed by atoms with E-state index < -0.39 is 0 Å². The predicted molar refractivity (Wildman–Crippen MR) is 74.4 cm³/mol. The number of methoxy groups -OCH3 is 1. The van der Waals surface area contributed by atoms with Gasteiger partial charge in [-0.2, -0.15) is 0 Å². The fraction of sp³-hybridized carbons (Fsp3) is 0.692. The number of halogens is 1. The second-order valence-corrected chi connectivity index (χ2v) is 5.61. The second-order valence-electron chi connectivity index (χ2n) is 4.83. The number of likely N-dealkylation sites (tertiary alicyclic amines) is 1. The lowest BCUT2D eigenvalue weighted by Gasteiger charge is -2.41. The molecule has 0 aromatic carbocycles. The Labute approximate surface area is 117 Å². The van der Waals surface area contributed by atoms with Crippen molar-refractivity contribution < 1.29 is 9.15 Å². The lowest BCUT2D eigenvalue weighted by atomic mass is 9.97. The van der Waals surface area contributed by atoms with E-state index in [-0.39, 0.29) is 6.04 Å². The summed E-state index contributed by atoms with van der Waals surface area (Å²) in [7, 11) is 1.78. The summed E-state index contributed by atoms with van der Waals surface area (Å²) in [6, 6.07) is 4.57. The third kappa shape index (κ3) is 2.96. The molecule has 5 heteroatoms. The van der Waals surface area contributed by atoms with Crippen molar-refractivity contribution >= 4 is 15.9 Å². The fourth-order valence-corrected chi connectivity index (χ4v) is 3.02. The van der Waals surface area contributed by atoms with E-state index in [0.717, 1.165) is 29.8 Å². The fourth-order valence-electron chi connectivity index (χ4n) is 2.70. The molecule has 2 N–H and O–H groups in total. The minimum atomic E-state index is 0.252. The van der Waals surface area contributed by atoms with Crippen LogP contribution in [0.25, 0.3) is 0 Å². The van der Waals surface area contributed by atoms with Crippen LogP contribution in [0.1, 0.15) is 31.6 Å². The highest BCUT2D eigenvalue weighted by Crippen LogP contribution is 2.30. The topological polar surface area (TPSA) is 51.6 Å². The summed E-state index contributed by atoms with van der Waals surface area (Å²) in [6.07, 6.45) is 2.39. The first kappa shape index (κ1) is 14.1. The van der Waals surface area contributed by atoms with Gasteiger partial charge in [0.2, 0.25) is 0 Å². The Morgan fingerprint density at radius 3 is 2.94 bits per heavy atom. The van der Waals surface area contributed by atoms with E-state index in [9.17, 15) is 0 Å². The molecule has 1 aliphatic rings. The Morgan fingerprint density at radius 1 is 1.61 bits per heavy atom. The summed E-state index contributed by atoms with van der Waals surface area (Å²) < 4.78 is 11.9. The molecule has 1 fully saturated rings. The molecule has 0 amide bonds. The summed E-state index contributed by atoms with van der Waals surface area (Å²) in [6.45, 7) is 3.83. The molecule has 3 atom stereocenters. The molecule has 1 aromatic heterocycles. The summed E-state index contributed by atoms with van der Waals surface area (Å²) in [5.41, 5.74) is 5.89. The van der Waals surface area contributed by atoms with Gasteiger partial charge < -0.3 is 14.9 Å². The maximum atomic E-state index is 5.89. The molecule has 2 rings (SSSR count). The smallest absolute Gasteiger partial charge is 0.169 e. The molecule has 1 aliphatic heterocycles. The SMILES string of the molecule is COC1CCN(C(C)c2ccc(Br)o2)C(CN)C1. The molecule has 2 heterocycles. The highest BCUT2D eigenvalue weighted by molar-refractivity contribution is 9.10. The van der Waals surface area contributed by atoms with E-state index in [4.69, 9.17) is 14.9 Å². The third-order valence-electron chi connectivity index (χ3n) is 3.82. The Bertz CT molecular complexity index is 383. The van der Waals surface area contributed by atoms with Crippen LogP contribution in [0.15, 0.2) is 21.2 Å². The van der Waals surface area contributed by atoms with Gasteiger partial charge in [-0.25, -0.2) is 0 Å². The number of piperidine rings is 1. The molecule has 0 radical (unpaired) electrons. The first-order valence-corrected chi connectivity index (χ1v) is 7.18. The average molecular weight is 317 g/mol. The maximum absolute atomic E-state index is 5.89. The summed E-state index contributed by atoms with van der Waals surface area (Å²) in [5.74, 6) is 0.983. The van der Waals surface area contributed by atoms with Gasteiger partial charge in [0.15, 0.2) is 4.67 Å². The van der Waals surface area contributed by atoms with Gasteiger partial charge in [0, 0.05) is 26.2 Å². The van der Waals surface area contributed by atoms with Gasteiger partial charge in [0.1, 0.15) is 5.76 Å².